The highest BCUT2D eigenvalue weighted by molar-refractivity contribution is 5.79. The lowest BCUT2D eigenvalue weighted by Crippen LogP contribution is -2.42. The zero-order valence-corrected chi connectivity index (χ0v) is 18.5. The fourth-order valence-electron chi connectivity index (χ4n) is 5.83. The van der Waals surface area contributed by atoms with Gasteiger partial charge >= 0.3 is 6.18 Å². The van der Waals surface area contributed by atoms with Crippen LogP contribution in [0.5, 0.6) is 0 Å². The molecule has 174 valence electrons. The van der Waals surface area contributed by atoms with Crippen LogP contribution in [0.1, 0.15) is 48.2 Å². The highest BCUT2D eigenvalue weighted by Crippen LogP contribution is 2.70. The predicted octanol–water partition coefficient (Wildman–Crippen LogP) is 4.09. The maximum atomic E-state index is 13.7. The number of aryl methyl sites for hydroxylation is 2. The van der Waals surface area contributed by atoms with Crippen LogP contribution >= 0.6 is 0 Å². The first-order valence-corrected chi connectivity index (χ1v) is 11.3. The first kappa shape index (κ1) is 20.8. The van der Waals surface area contributed by atoms with Crippen molar-refractivity contribution in [3.63, 3.8) is 0 Å². The summed E-state index contributed by atoms with van der Waals surface area (Å²) in [6.45, 7) is 3.54. The lowest BCUT2D eigenvalue weighted by molar-refractivity contribution is -0.244. The van der Waals surface area contributed by atoms with E-state index in [-0.39, 0.29) is 37.2 Å². The van der Waals surface area contributed by atoms with Gasteiger partial charge in [0.15, 0.2) is 5.65 Å². The van der Waals surface area contributed by atoms with E-state index in [0.717, 1.165) is 16.6 Å². The Morgan fingerprint density at radius 1 is 1.12 bits per heavy atom. The van der Waals surface area contributed by atoms with Crippen LogP contribution in [0.2, 0.25) is 0 Å². The van der Waals surface area contributed by atoms with Crippen molar-refractivity contribution in [1.29, 1.82) is 0 Å². The minimum Gasteiger partial charge on any atom is -0.370 e. The first-order valence-electron chi connectivity index (χ1n) is 11.3. The SMILES string of the molecule is Cc1ccc2c([C@@H]3CC4(C(F)(F)F)CC3C4)nc(N3CCO[C@H](c4cnn(C)c4)C3)nc2n1. The summed E-state index contributed by atoms with van der Waals surface area (Å²) in [5.74, 6) is 0.292. The summed E-state index contributed by atoms with van der Waals surface area (Å²) in [5, 5.41) is 4.99. The Balaban J connectivity index is 1.38. The summed E-state index contributed by atoms with van der Waals surface area (Å²) in [7, 11) is 1.86. The number of morpholine rings is 1. The van der Waals surface area contributed by atoms with Crippen LogP contribution in [0.3, 0.4) is 0 Å². The van der Waals surface area contributed by atoms with Crippen molar-refractivity contribution < 1.29 is 17.9 Å². The largest absolute Gasteiger partial charge is 0.394 e. The predicted molar refractivity (Wildman–Crippen MR) is 115 cm³/mol. The van der Waals surface area contributed by atoms with Crippen molar-refractivity contribution in [3.8, 4) is 0 Å². The molecule has 7 nitrogen and oxygen atoms in total. The summed E-state index contributed by atoms with van der Waals surface area (Å²) in [5.41, 5.74) is 1.49. The van der Waals surface area contributed by atoms with Gasteiger partial charge in [-0.2, -0.15) is 23.3 Å². The number of anilines is 1. The molecule has 1 saturated heterocycles. The average Bonchev–Trinajstić information content (AvgIpc) is 3.46. The number of rotatable bonds is 3. The van der Waals surface area contributed by atoms with Gasteiger partial charge in [0.2, 0.25) is 5.95 Å². The summed E-state index contributed by atoms with van der Waals surface area (Å²) in [4.78, 5) is 16.3. The number of hydrogen-bond donors (Lipinski definition) is 0. The van der Waals surface area contributed by atoms with Crippen molar-refractivity contribution in [2.24, 2.45) is 18.4 Å². The topological polar surface area (TPSA) is 69.0 Å². The quantitative estimate of drug-likeness (QED) is 0.589. The smallest absolute Gasteiger partial charge is 0.370 e. The number of pyridine rings is 1. The maximum Gasteiger partial charge on any atom is 0.394 e. The Morgan fingerprint density at radius 3 is 2.64 bits per heavy atom. The molecule has 3 aromatic rings. The zero-order chi connectivity index (χ0) is 23.0. The molecule has 10 heteroatoms. The van der Waals surface area contributed by atoms with E-state index in [1.807, 2.05) is 37.2 Å². The van der Waals surface area contributed by atoms with E-state index >= 15 is 0 Å². The molecule has 0 unspecified atom stereocenters. The normalized spacial score (nSPS) is 29.5. The van der Waals surface area contributed by atoms with E-state index in [0.29, 0.717) is 37.0 Å². The van der Waals surface area contributed by atoms with Crippen LogP contribution in [0.15, 0.2) is 24.5 Å². The Labute approximate surface area is 189 Å². The molecule has 0 amide bonds. The molecule has 0 spiro atoms. The fraction of sp³-hybridized carbons (Fsp3) is 0.565. The van der Waals surface area contributed by atoms with Crippen LogP contribution in [0.4, 0.5) is 19.1 Å². The van der Waals surface area contributed by atoms with Gasteiger partial charge in [-0.3, -0.25) is 4.68 Å². The summed E-state index contributed by atoms with van der Waals surface area (Å²) >= 11 is 0. The number of halogens is 3. The molecule has 0 radical (unpaired) electrons. The lowest BCUT2D eigenvalue weighted by Gasteiger charge is -2.39. The highest BCUT2D eigenvalue weighted by Gasteiger charge is 2.69. The Hall–Kier alpha value is -2.75. The highest BCUT2D eigenvalue weighted by atomic mass is 19.4. The standard InChI is InChI=1S/C23H25F3N6O/c1-13-3-4-16-19(17-9-22(23(24,25)26)7-14(17)8-22)29-21(30-20(16)28-13)32-5-6-33-18(12-32)15-10-27-31(2)11-15/h3-4,10-11,14,17-18H,5-9,12H2,1-2H3/t14?,17-,18+,22?/m1/s1. The Kier molecular flexibility index (Phi) is 4.50. The molecule has 2 bridgehead atoms. The van der Waals surface area contributed by atoms with Crippen LogP contribution in [-0.2, 0) is 11.8 Å². The Morgan fingerprint density at radius 2 is 1.94 bits per heavy atom. The molecule has 4 aliphatic rings. The van der Waals surface area contributed by atoms with Gasteiger partial charge in [0.05, 0.1) is 30.5 Å². The molecular formula is C23H25F3N6O. The van der Waals surface area contributed by atoms with Gasteiger partial charge in [-0.15, -0.1) is 0 Å². The molecule has 3 aromatic heterocycles. The molecule has 0 N–H and O–H groups in total. The minimum absolute atomic E-state index is 0.00621. The minimum atomic E-state index is -4.17. The Bertz CT molecular complexity index is 1220. The molecule has 4 heterocycles. The van der Waals surface area contributed by atoms with Gasteiger partial charge < -0.3 is 9.64 Å². The van der Waals surface area contributed by atoms with Gasteiger partial charge in [-0.1, -0.05) is 0 Å². The van der Waals surface area contributed by atoms with Gasteiger partial charge in [0.1, 0.15) is 6.10 Å². The van der Waals surface area contributed by atoms with Gasteiger partial charge in [0, 0.05) is 42.4 Å². The van der Waals surface area contributed by atoms with Crippen LogP contribution in [0.25, 0.3) is 11.0 Å². The molecule has 3 saturated carbocycles. The third kappa shape index (κ3) is 3.29. The molecular weight excluding hydrogens is 433 g/mol. The molecule has 4 fully saturated rings. The second-order valence-electron chi connectivity index (χ2n) is 9.74. The maximum absolute atomic E-state index is 13.7. The third-order valence-electron chi connectivity index (χ3n) is 7.60. The van der Waals surface area contributed by atoms with E-state index in [1.165, 1.54) is 0 Å². The summed E-state index contributed by atoms with van der Waals surface area (Å²) in [6, 6.07) is 3.78. The number of hydrogen-bond acceptors (Lipinski definition) is 6. The number of ether oxygens (including phenoxy) is 1. The van der Waals surface area contributed by atoms with E-state index in [1.54, 1.807) is 10.9 Å². The monoisotopic (exact) mass is 458 g/mol. The van der Waals surface area contributed by atoms with E-state index < -0.39 is 11.6 Å². The first-order chi connectivity index (χ1) is 15.7. The molecule has 7 rings (SSSR count). The molecule has 0 aromatic carbocycles. The zero-order valence-electron chi connectivity index (χ0n) is 18.5. The lowest BCUT2D eigenvalue weighted by atomic mass is 9.68. The van der Waals surface area contributed by atoms with E-state index in [9.17, 15) is 13.2 Å². The van der Waals surface area contributed by atoms with Gasteiger partial charge in [0.25, 0.3) is 0 Å². The van der Waals surface area contributed by atoms with Crippen molar-refractivity contribution in [3.05, 3.63) is 41.5 Å². The van der Waals surface area contributed by atoms with Crippen molar-refractivity contribution >= 4 is 17.0 Å². The van der Waals surface area contributed by atoms with Crippen LogP contribution in [-0.4, -0.2) is 50.6 Å². The summed E-state index contributed by atoms with van der Waals surface area (Å²) in [6.07, 6.45) is -0.137. The van der Waals surface area contributed by atoms with Gasteiger partial charge in [-0.25, -0.2) is 9.97 Å². The molecule has 2 atom stereocenters. The summed E-state index contributed by atoms with van der Waals surface area (Å²) < 4.78 is 48.9. The number of alkyl halides is 3. The van der Waals surface area contributed by atoms with Crippen molar-refractivity contribution in [1.82, 2.24) is 24.7 Å². The van der Waals surface area contributed by atoms with Crippen molar-refractivity contribution in [2.45, 2.75) is 44.4 Å². The second-order valence-corrected chi connectivity index (χ2v) is 9.74. The van der Waals surface area contributed by atoms with Gasteiger partial charge in [-0.05, 0) is 44.2 Å². The third-order valence-corrected chi connectivity index (χ3v) is 7.60. The molecule has 33 heavy (non-hydrogen) atoms. The van der Waals surface area contributed by atoms with Crippen LogP contribution in [0, 0.1) is 18.3 Å². The fourth-order valence-corrected chi connectivity index (χ4v) is 5.83. The number of fused-ring (bicyclic) bond motifs is 2. The average molecular weight is 458 g/mol. The molecule has 3 aliphatic carbocycles. The van der Waals surface area contributed by atoms with Crippen molar-refractivity contribution in [2.75, 3.05) is 24.6 Å². The second kappa shape index (κ2) is 7.12. The van der Waals surface area contributed by atoms with E-state index in [4.69, 9.17) is 14.7 Å². The molecule has 1 aliphatic heterocycles. The van der Waals surface area contributed by atoms with E-state index in [2.05, 4.69) is 10.1 Å². The van der Waals surface area contributed by atoms with Crippen LogP contribution < -0.4 is 4.90 Å². The number of nitrogens with zero attached hydrogens (tertiary/aromatic N) is 6. The number of aromatic nitrogens is 5.